The van der Waals surface area contributed by atoms with Gasteiger partial charge in [-0.15, -0.1) is 0 Å². The fourth-order valence-corrected chi connectivity index (χ4v) is 7.14. The second kappa shape index (κ2) is 11.9. The molecule has 9 aromatic rings. The topological polar surface area (TPSA) is 45.7 Å². The van der Waals surface area contributed by atoms with Gasteiger partial charge in [0.1, 0.15) is 0 Å². The number of nitrogens with zero attached hydrogens (tertiary/aromatic N) is 2. The number of benzene rings is 7. The Morgan fingerprint density at radius 2 is 0.796 bits per heavy atom. The van der Waals surface area contributed by atoms with Crippen LogP contribution in [-0.2, 0) is 0 Å². The maximum atomic E-state index is 9.02. The lowest BCUT2D eigenvalue weighted by Gasteiger charge is -2.18. The van der Waals surface area contributed by atoms with E-state index in [-0.39, 0.29) is 0 Å². The molecule has 2 N–H and O–H groups in total. The number of para-hydroxylation sites is 4. The summed E-state index contributed by atoms with van der Waals surface area (Å²) in [4.78, 5) is 0. The van der Waals surface area contributed by atoms with Gasteiger partial charge in [-0.25, -0.2) is 0 Å². The number of nitrogens with one attached hydrogen (secondary N) is 2. The summed E-state index contributed by atoms with van der Waals surface area (Å²) >= 11 is 0. The van der Waals surface area contributed by atoms with Gasteiger partial charge in [0.2, 0.25) is 0 Å². The first-order valence-electron chi connectivity index (χ1n) is 16.5. The van der Waals surface area contributed by atoms with E-state index in [4.69, 9.17) is 5.41 Å². The van der Waals surface area contributed by atoms with Crippen LogP contribution in [0.15, 0.2) is 182 Å². The smallest absolute Gasteiger partial charge is 0.0633 e. The highest BCUT2D eigenvalue weighted by Crippen LogP contribution is 2.37. The molecule has 7 aromatic carbocycles. The molecule has 232 valence electrons. The average molecular weight is 629 g/mol. The third-order valence-electron chi connectivity index (χ3n) is 9.32. The normalized spacial score (nSPS) is 11.9. The summed E-state index contributed by atoms with van der Waals surface area (Å²) in [7, 11) is 0. The second-order valence-corrected chi connectivity index (χ2v) is 12.3. The Morgan fingerprint density at radius 3 is 1.22 bits per heavy atom. The van der Waals surface area contributed by atoms with Crippen molar-refractivity contribution in [3.63, 3.8) is 0 Å². The first kappa shape index (κ1) is 28.6. The summed E-state index contributed by atoms with van der Waals surface area (Å²) in [6.07, 6.45) is 1.93. The van der Waals surface area contributed by atoms with Crippen molar-refractivity contribution >= 4 is 60.7 Å². The van der Waals surface area contributed by atoms with E-state index in [2.05, 4.69) is 142 Å². The molecule has 2 heterocycles. The molecule has 4 heteroatoms. The van der Waals surface area contributed by atoms with Gasteiger partial charge in [0.05, 0.1) is 39.2 Å². The van der Waals surface area contributed by atoms with Gasteiger partial charge in [-0.05, 0) is 59.7 Å². The fraction of sp³-hybridized carbons (Fsp3) is 0. The van der Waals surface area contributed by atoms with E-state index in [0.717, 1.165) is 56.0 Å². The minimum Gasteiger partial charge on any atom is -0.355 e. The van der Waals surface area contributed by atoms with E-state index in [0.29, 0.717) is 5.71 Å². The van der Waals surface area contributed by atoms with E-state index in [1.807, 2.05) is 54.6 Å². The van der Waals surface area contributed by atoms with Crippen LogP contribution in [0.2, 0.25) is 0 Å². The lowest BCUT2D eigenvalue weighted by Crippen LogP contribution is -2.06. The third-order valence-corrected chi connectivity index (χ3v) is 9.32. The molecule has 0 aliphatic carbocycles. The summed E-state index contributed by atoms with van der Waals surface area (Å²) in [5.41, 5.74) is 10.8. The zero-order valence-electron chi connectivity index (χ0n) is 26.7. The van der Waals surface area contributed by atoms with Gasteiger partial charge < -0.3 is 19.9 Å². The van der Waals surface area contributed by atoms with Crippen molar-refractivity contribution in [3.8, 4) is 11.4 Å². The molecule has 9 rings (SSSR count). The molecular weight excluding hydrogens is 597 g/mol. The van der Waals surface area contributed by atoms with Crippen LogP contribution < -0.4 is 5.32 Å². The maximum Gasteiger partial charge on any atom is 0.0633 e. The van der Waals surface area contributed by atoms with Gasteiger partial charge in [-0.2, -0.15) is 0 Å². The number of hydrogen-bond acceptors (Lipinski definition) is 2. The van der Waals surface area contributed by atoms with Crippen LogP contribution in [-0.4, -0.2) is 14.8 Å². The Balaban J connectivity index is 1.31. The average Bonchev–Trinajstić information content (AvgIpc) is 3.68. The summed E-state index contributed by atoms with van der Waals surface area (Å²) in [6.45, 7) is 0. The van der Waals surface area contributed by atoms with Crippen molar-refractivity contribution in [1.29, 1.82) is 5.41 Å². The fourth-order valence-electron chi connectivity index (χ4n) is 7.14. The van der Waals surface area contributed by atoms with Gasteiger partial charge in [-0.3, -0.25) is 0 Å². The number of fused-ring (bicyclic) bond motifs is 6. The lowest BCUT2D eigenvalue weighted by molar-refractivity contribution is 1.13. The Bertz CT molecular complexity index is 2460. The highest BCUT2D eigenvalue weighted by Gasteiger charge is 2.17. The molecule has 0 atom stereocenters. The standard InChI is InChI=1S/C45H32N4/c46-40(31-15-3-1-4-16-31)30-41(32-17-5-2-6-18-32)47-33-27-34(48-42-23-11-7-19-36(42)37-20-8-12-24-43(37)48)29-35(28-33)49-44-25-13-9-21-38(44)39-22-10-14-26-45(39)49/h1-30,46-47H/b41-30-,46-40?. The Kier molecular flexibility index (Phi) is 6.91. The van der Waals surface area contributed by atoms with Gasteiger partial charge in [0, 0.05) is 32.9 Å². The summed E-state index contributed by atoms with van der Waals surface area (Å²) in [6, 6.07) is 61.4. The second-order valence-electron chi connectivity index (χ2n) is 12.3. The number of allylic oxidation sites excluding steroid dienone is 1. The molecule has 0 saturated carbocycles. The Labute approximate surface area is 284 Å². The highest BCUT2D eigenvalue weighted by atomic mass is 15.0. The Morgan fingerprint density at radius 1 is 0.429 bits per heavy atom. The van der Waals surface area contributed by atoms with Crippen molar-refractivity contribution in [2.24, 2.45) is 0 Å². The third kappa shape index (κ3) is 4.98. The van der Waals surface area contributed by atoms with Crippen molar-refractivity contribution in [2.45, 2.75) is 0 Å². The SMILES string of the molecule is N=C(/C=C(\Nc1cc(-n2c3ccccc3c3ccccc32)cc(-n2c3ccccc3c3ccccc32)c1)c1ccccc1)c1ccccc1. The van der Waals surface area contributed by atoms with Crippen molar-refractivity contribution in [1.82, 2.24) is 9.13 Å². The summed E-state index contributed by atoms with van der Waals surface area (Å²) in [5, 5.41) is 17.7. The zero-order valence-corrected chi connectivity index (χ0v) is 26.7. The molecule has 0 saturated heterocycles. The van der Waals surface area contributed by atoms with Crippen LogP contribution in [0, 0.1) is 5.41 Å². The van der Waals surface area contributed by atoms with Crippen LogP contribution in [0.5, 0.6) is 0 Å². The minimum atomic E-state index is 0.438. The number of rotatable bonds is 7. The quantitative estimate of drug-likeness (QED) is 0.170. The van der Waals surface area contributed by atoms with Crippen LogP contribution in [0.1, 0.15) is 11.1 Å². The van der Waals surface area contributed by atoms with E-state index in [1.54, 1.807) is 0 Å². The summed E-state index contributed by atoms with van der Waals surface area (Å²) < 4.78 is 4.73. The minimum absolute atomic E-state index is 0.438. The zero-order chi connectivity index (χ0) is 32.7. The monoisotopic (exact) mass is 628 g/mol. The van der Waals surface area contributed by atoms with E-state index in [9.17, 15) is 0 Å². The highest BCUT2D eigenvalue weighted by molar-refractivity contribution is 6.12. The van der Waals surface area contributed by atoms with Gasteiger partial charge in [-0.1, -0.05) is 133 Å². The molecule has 2 aromatic heterocycles. The van der Waals surface area contributed by atoms with Crippen molar-refractivity contribution in [2.75, 3.05) is 5.32 Å². The lowest BCUT2D eigenvalue weighted by atomic mass is 10.1. The van der Waals surface area contributed by atoms with Crippen molar-refractivity contribution < 1.29 is 0 Å². The number of aromatic nitrogens is 2. The number of anilines is 1. The number of hydrogen-bond donors (Lipinski definition) is 2. The molecule has 0 aliphatic rings. The molecule has 0 aliphatic heterocycles. The Hall–Kier alpha value is -6.65. The first-order valence-corrected chi connectivity index (χ1v) is 16.5. The van der Waals surface area contributed by atoms with Gasteiger partial charge in [0.25, 0.3) is 0 Å². The molecule has 0 amide bonds. The van der Waals surface area contributed by atoms with E-state index in [1.165, 1.54) is 21.5 Å². The van der Waals surface area contributed by atoms with Crippen LogP contribution in [0.3, 0.4) is 0 Å². The predicted octanol–water partition coefficient (Wildman–Crippen LogP) is 11.4. The van der Waals surface area contributed by atoms with E-state index >= 15 is 0 Å². The predicted molar refractivity (Wildman–Crippen MR) is 206 cm³/mol. The van der Waals surface area contributed by atoms with Crippen LogP contribution >= 0.6 is 0 Å². The largest absolute Gasteiger partial charge is 0.355 e. The van der Waals surface area contributed by atoms with Gasteiger partial charge in [0.15, 0.2) is 0 Å². The maximum absolute atomic E-state index is 9.02. The van der Waals surface area contributed by atoms with Crippen LogP contribution in [0.4, 0.5) is 5.69 Å². The molecule has 0 fully saturated rings. The van der Waals surface area contributed by atoms with E-state index < -0.39 is 0 Å². The molecule has 0 spiro atoms. The molecule has 0 bridgehead atoms. The molecule has 49 heavy (non-hydrogen) atoms. The molecule has 4 nitrogen and oxygen atoms in total. The summed E-state index contributed by atoms with van der Waals surface area (Å²) in [5.74, 6) is 0. The molecule has 0 unspecified atom stereocenters. The van der Waals surface area contributed by atoms with Gasteiger partial charge >= 0.3 is 0 Å². The van der Waals surface area contributed by atoms with Crippen molar-refractivity contribution in [3.05, 3.63) is 193 Å². The molecular formula is C45H32N4. The molecule has 0 radical (unpaired) electrons. The van der Waals surface area contributed by atoms with Crippen LogP contribution in [0.25, 0.3) is 60.7 Å². The first-order chi connectivity index (χ1) is 24.2.